The van der Waals surface area contributed by atoms with Crippen LogP contribution >= 0.6 is 15.9 Å². The second-order valence-electron chi connectivity index (χ2n) is 4.03. The third-order valence-corrected chi connectivity index (χ3v) is 4.43. The van der Waals surface area contributed by atoms with Crippen LogP contribution in [0.2, 0.25) is 0 Å². The van der Waals surface area contributed by atoms with Crippen molar-refractivity contribution < 1.29 is 13.2 Å². The van der Waals surface area contributed by atoms with Gasteiger partial charge in [0.05, 0.1) is 17.4 Å². The third-order valence-electron chi connectivity index (χ3n) is 2.55. The van der Waals surface area contributed by atoms with Crippen molar-refractivity contribution in [1.29, 1.82) is 0 Å². The van der Waals surface area contributed by atoms with E-state index in [4.69, 9.17) is 5.14 Å². The Labute approximate surface area is 124 Å². The highest BCUT2D eigenvalue weighted by molar-refractivity contribution is 9.10. The summed E-state index contributed by atoms with van der Waals surface area (Å²) >= 11 is 3.11. The van der Waals surface area contributed by atoms with Gasteiger partial charge in [0.2, 0.25) is 10.0 Å². The van der Waals surface area contributed by atoms with Gasteiger partial charge in [-0.05, 0) is 34.1 Å². The van der Waals surface area contributed by atoms with E-state index in [2.05, 4.69) is 26.2 Å². The van der Waals surface area contributed by atoms with Crippen molar-refractivity contribution in [2.24, 2.45) is 12.2 Å². The first-order chi connectivity index (χ1) is 9.29. The van der Waals surface area contributed by atoms with Gasteiger partial charge >= 0.3 is 0 Å². The first-order valence-corrected chi connectivity index (χ1v) is 7.73. The molecule has 106 valence electrons. The molecular formula is C11H11BrN4O3S. The SMILES string of the molecule is Cn1cncc1C(=O)Nc1ccc(S(N)(=O)=O)c(Br)c1. The zero-order valence-corrected chi connectivity index (χ0v) is 12.8. The predicted molar refractivity (Wildman–Crippen MR) is 76.7 cm³/mol. The fourth-order valence-corrected chi connectivity index (χ4v) is 3.22. The van der Waals surface area contributed by atoms with Crippen LogP contribution < -0.4 is 10.5 Å². The first kappa shape index (κ1) is 14.7. The Balaban J connectivity index is 2.26. The van der Waals surface area contributed by atoms with E-state index < -0.39 is 10.0 Å². The molecule has 3 N–H and O–H groups in total. The van der Waals surface area contributed by atoms with Crippen LogP contribution in [0.3, 0.4) is 0 Å². The minimum absolute atomic E-state index is 0.0453. The second-order valence-corrected chi connectivity index (χ2v) is 6.42. The van der Waals surface area contributed by atoms with Crippen molar-refractivity contribution >= 4 is 37.5 Å². The van der Waals surface area contributed by atoms with Crippen molar-refractivity contribution in [2.75, 3.05) is 5.32 Å². The summed E-state index contributed by atoms with van der Waals surface area (Å²) in [5.74, 6) is -0.347. The number of nitrogens with two attached hydrogens (primary N) is 1. The number of amides is 1. The van der Waals surface area contributed by atoms with E-state index in [0.29, 0.717) is 11.4 Å². The molecule has 1 aromatic heterocycles. The van der Waals surface area contributed by atoms with E-state index in [1.807, 2.05) is 0 Å². The molecule has 0 fully saturated rings. The van der Waals surface area contributed by atoms with Crippen LogP contribution in [-0.2, 0) is 17.1 Å². The van der Waals surface area contributed by atoms with Gasteiger partial charge in [-0.25, -0.2) is 18.5 Å². The summed E-state index contributed by atoms with van der Waals surface area (Å²) in [5, 5.41) is 7.69. The van der Waals surface area contributed by atoms with Gasteiger partial charge in [0.1, 0.15) is 5.69 Å². The minimum atomic E-state index is -3.80. The number of rotatable bonds is 3. The summed E-state index contributed by atoms with van der Waals surface area (Å²) < 4.78 is 24.4. The van der Waals surface area contributed by atoms with Crippen molar-refractivity contribution in [2.45, 2.75) is 4.90 Å². The highest BCUT2D eigenvalue weighted by Gasteiger charge is 2.14. The standard InChI is InChI=1S/C11H11BrN4O3S/c1-16-6-14-5-9(16)11(17)15-7-2-3-10(8(12)4-7)20(13,18)19/h2-6H,1H3,(H,15,17)(H2,13,18,19). The fourth-order valence-electron chi connectivity index (χ4n) is 1.58. The van der Waals surface area contributed by atoms with Crippen LogP contribution in [0.1, 0.15) is 10.5 Å². The number of anilines is 1. The molecule has 0 aliphatic rings. The summed E-state index contributed by atoms with van der Waals surface area (Å²) in [5.41, 5.74) is 0.826. The number of nitrogens with zero attached hydrogens (tertiary/aromatic N) is 2. The lowest BCUT2D eigenvalue weighted by Gasteiger charge is -2.08. The van der Waals surface area contributed by atoms with Gasteiger partial charge in [-0.3, -0.25) is 4.79 Å². The van der Waals surface area contributed by atoms with Crippen LogP contribution in [0, 0.1) is 0 Å². The monoisotopic (exact) mass is 358 g/mol. The maximum atomic E-state index is 12.0. The Bertz CT molecular complexity index is 770. The average molecular weight is 359 g/mol. The first-order valence-electron chi connectivity index (χ1n) is 5.39. The number of benzene rings is 1. The summed E-state index contributed by atoms with van der Waals surface area (Å²) in [6.07, 6.45) is 2.94. The van der Waals surface area contributed by atoms with Gasteiger partial charge in [0, 0.05) is 17.2 Å². The number of halogens is 1. The molecule has 0 bridgehead atoms. The second kappa shape index (κ2) is 5.35. The van der Waals surface area contributed by atoms with Crippen LogP contribution in [-0.4, -0.2) is 23.9 Å². The van der Waals surface area contributed by atoms with Gasteiger partial charge in [0.25, 0.3) is 5.91 Å². The van der Waals surface area contributed by atoms with Gasteiger partial charge in [-0.2, -0.15) is 0 Å². The third kappa shape index (κ3) is 3.06. The maximum absolute atomic E-state index is 12.0. The quantitative estimate of drug-likeness (QED) is 0.855. The van der Waals surface area contributed by atoms with E-state index in [9.17, 15) is 13.2 Å². The van der Waals surface area contributed by atoms with Crippen LogP contribution in [0.25, 0.3) is 0 Å². The van der Waals surface area contributed by atoms with Gasteiger partial charge in [-0.1, -0.05) is 0 Å². The number of sulfonamides is 1. The average Bonchev–Trinajstić information content (AvgIpc) is 2.73. The van der Waals surface area contributed by atoms with E-state index in [-0.39, 0.29) is 15.3 Å². The van der Waals surface area contributed by atoms with Crippen LogP contribution in [0.15, 0.2) is 40.1 Å². The van der Waals surface area contributed by atoms with E-state index in [0.717, 1.165) is 0 Å². The Morgan fingerprint density at radius 3 is 2.65 bits per heavy atom. The Morgan fingerprint density at radius 1 is 1.45 bits per heavy atom. The minimum Gasteiger partial charge on any atom is -0.330 e. The summed E-state index contributed by atoms with van der Waals surface area (Å²) in [6, 6.07) is 4.24. The molecule has 7 nitrogen and oxygen atoms in total. The molecule has 0 unspecified atom stereocenters. The lowest BCUT2D eigenvalue weighted by atomic mass is 10.3. The molecule has 0 aliphatic carbocycles. The largest absolute Gasteiger partial charge is 0.330 e. The molecule has 0 saturated carbocycles. The van der Waals surface area contributed by atoms with Crippen molar-refractivity contribution in [3.8, 4) is 0 Å². The van der Waals surface area contributed by atoms with Crippen molar-refractivity contribution in [3.63, 3.8) is 0 Å². The number of nitrogens with one attached hydrogen (secondary N) is 1. The number of carbonyl (C=O) groups excluding carboxylic acids is 1. The Morgan fingerprint density at radius 2 is 2.15 bits per heavy atom. The normalized spacial score (nSPS) is 11.3. The molecule has 9 heteroatoms. The molecule has 0 spiro atoms. The summed E-state index contributed by atoms with van der Waals surface area (Å²) in [7, 11) is -2.11. The molecule has 0 saturated heterocycles. The van der Waals surface area contributed by atoms with Crippen molar-refractivity contribution in [3.05, 3.63) is 40.9 Å². The van der Waals surface area contributed by atoms with Crippen LogP contribution in [0.5, 0.6) is 0 Å². The van der Waals surface area contributed by atoms with E-state index in [1.54, 1.807) is 11.6 Å². The molecule has 1 heterocycles. The number of aromatic nitrogens is 2. The lowest BCUT2D eigenvalue weighted by Crippen LogP contribution is -2.16. The number of hydrogen-bond donors (Lipinski definition) is 2. The molecule has 0 aliphatic heterocycles. The topological polar surface area (TPSA) is 107 Å². The van der Waals surface area contributed by atoms with Crippen LogP contribution in [0.4, 0.5) is 5.69 Å². The molecule has 20 heavy (non-hydrogen) atoms. The van der Waals surface area contributed by atoms with E-state index in [1.165, 1.54) is 30.7 Å². The molecule has 1 amide bonds. The molecule has 0 radical (unpaired) electrons. The lowest BCUT2D eigenvalue weighted by molar-refractivity contribution is 0.101. The smallest absolute Gasteiger partial charge is 0.273 e. The summed E-state index contributed by atoms with van der Waals surface area (Å²) in [4.78, 5) is 15.8. The van der Waals surface area contributed by atoms with Gasteiger partial charge in [-0.15, -0.1) is 0 Å². The predicted octanol–water partition coefficient (Wildman–Crippen LogP) is 1.08. The van der Waals surface area contributed by atoms with Crippen molar-refractivity contribution in [1.82, 2.24) is 9.55 Å². The number of aryl methyl sites for hydroxylation is 1. The zero-order chi connectivity index (χ0) is 14.9. The Hall–Kier alpha value is -1.71. The highest BCUT2D eigenvalue weighted by atomic mass is 79.9. The molecule has 0 atom stereocenters. The number of carbonyl (C=O) groups is 1. The number of hydrogen-bond acceptors (Lipinski definition) is 4. The molecule has 2 rings (SSSR count). The molecular weight excluding hydrogens is 348 g/mol. The van der Waals surface area contributed by atoms with Gasteiger partial charge in [0.15, 0.2) is 0 Å². The fraction of sp³-hybridized carbons (Fsp3) is 0.0909. The van der Waals surface area contributed by atoms with E-state index >= 15 is 0 Å². The number of primary sulfonamides is 1. The van der Waals surface area contributed by atoms with Gasteiger partial charge < -0.3 is 9.88 Å². The Kier molecular flexibility index (Phi) is 3.93. The molecule has 1 aromatic carbocycles. The highest BCUT2D eigenvalue weighted by Crippen LogP contribution is 2.24. The number of imidazole rings is 1. The summed E-state index contributed by atoms with van der Waals surface area (Å²) in [6.45, 7) is 0. The maximum Gasteiger partial charge on any atom is 0.273 e. The zero-order valence-electron chi connectivity index (χ0n) is 10.4. The molecule has 2 aromatic rings.